The van der Waals surface area contributed by atoms with Gasteiger partial charge in [-0.2, -0.15) is 0 Å². The van der Waals surface area contributed by atoms with Crippen molar-refractivity contribution in [3.05, 3.63) is 17.0 Å². The summed E-state index contributed by atoms with van der Waals surface area (Å²) in [5, 5.41) is 3.70. The van der Waals surface area contributed by atoms with Crippen molar-refractivity contribution in [3.8, 4) is 0 Å². The maximum atomic E-state index is 5.84. The molecule has 0 saturated carbocycles. The lowest BCUT2D eigenvalue weighted by atomic mass is 10.3. The molecule has 0 spiro atoms. The highest BCUT2D eigenvalue weighted by Gasteiger charge is 1.99. The van der Waals surface area contributed by atoms with E-state index in [1.807, 2.05) is 20.8 Å². The fourth-order valence-electron chi connectivity index (χ4n) is 1.38. The van der Waals surface area contributed by atoms with Gasteiger partial charge in [-0.05, 0) is 33.6 Å². The zero-order valence-corrected chi connectivity index (χ0v) is 11.4. The predicted molar refractivity (Wildman–Crippen MR) is 70.6 cm³/mol. The van der Waals surface area contributed by atoms with Crippen LogP contribution in [0.1, 0.15) is 32.5 Å². The second-order valence-electron chi connectivity index (χ2n) is 4.18. The van der Waals surface area contributed by atoms with Gasteiger partial charge >= 0.3 is 0 Å². The molecule has 96 valence electrons. The maximum absolute atomic E-state index is 5.84. The molecule has 0 aliphatic carbocycles. The Hall–Kier alpha value is -0.870. The van der Waals surface area contributed by atoms with Crippen LogP contribution < -0.4 is 5.32 Å². The third kappa shape index (κ3) is 6.44. The average molecular weight is 258 g/mol. The van der Waals surface area contributed by atoms with Crippen molar-refractivity contribution in [2.75, 3.05) is 18.5 Å². The normalized spacial score (nSPS) is 10.9. The number of aromatic nitrogens is 2. The topological polar surface area (TPSA) is 47.0 Å². The molecule has 0 amide bonds. The van der Waals surface area contributed by atoms with Crippen molar-refractivity contribution in [1.29, 1.82) is 0 Å². The number of rotatable bonds is 7. The Morgan fingerprint density at radius 2 is 2.12 bits per heavy atom. The molecule has 17 heavy (non-hydrogen) atoms. The van der Waals surface area contributed by atoms with Gasteiger partial charge in [-0.3, -0.25) is 0 Å². The molecular weight excluding hydrogens is 238 g/mol. The molecular formula is C12H20ClN3O. The largest absolute Gasteiger partial charge is 0.379 e. The van der Waals surface area contributed by atoms with Crippen LogP contribution >= 0.6 is 11.6 Å². The van der Waals surface area contributed by atoms with Gasteiger partial charge in [-0.15, -0.1) is 0 Å². The second-order valence-corrected chi connectivity index (χ2v) is 4.56. The second kappa shape index (κ2) is 7.45. The van der Waals surface area contributed by atoms with Crippen LogP contribution in [0.5, 0.6) is 0 Å². The number of hydrogen-bond acceptors (Lipinski definition) is 4. The lowest BCUT2D eigenvalue weighted by Crippen LogP contribution is -2.08. The highest BCUT2D eigenvalue weighted by molar-refractivity contribution is 6.29. The number of hydrogen-bond donors (Lipinski definition) is 1. The van der Waals surface area contributed by atoms with Gasteiger partial charge in [0.2, 0.25) is 0 Å². The number of ether oxygens (including phenoxy) is 1. The molecule has 1 rings (SSSR count). The van der Waals surface area contributed by atoms with E-state index < -0.39 is 0 Å². The Labute approximate surface area is 108 Å². The number of halogens is 1. The molecule has 0 aromatic carbocycles. The Morgan fingerprint density at radius 3 is 2.76 bits per heavy atom. The van der Waals surface area contributed by atoms with Crippen LogP contribution in [0.3, 0.4) is 0 Å². The summed E-state index contributed by atoms with van der Waals surface area (Å²) in [5.41, 5.74) is 0. The standard InChI is InChI=1S/C12H20ClN3O/c1-9(2)17-7-5-4-6-14-12-8-11(13)15-10(3)16-12/h8-9H,4-7H2,1-3H3,(H,14,15,16). The Balaban J connectivity index is 2.18. The quantitative estimate of drug-likeness (QED) is 0.602. The molecule has 0 bridgehead atoms. The summed E-state index contributed by atoms with van der Waals surface area (Å²) in [5.74, 6) is 1.47. The zero-order valence-electron chi connectivity index (χ0n) is 10.7. The van der Waals surface area contributed by atoms with E-state index in [1.54, 1.807) is 6.07 Å². The maximum Gasteiger partial charge on any atom is 0.134 e. The Kier molecular flexibility index (Phi) is 6.22. The van der Waals surface area contributed by atoms with E-state index in [1.165, 1.54) is 0 Å². The van der Waals surface area contributed by atoms with Gasteiger partial charge < -0.3 is 10.1 Å². The molecule has 0 aliphatic rings. The first-order chi connectivity index (χ1) is 8.08. The Bertz CT molecular complexity index is 324. The first-order valence-corrected chi connectivity index (χ1v) is 6.32. The van der Waals surface area contributed by atoms with Crippen LogP contribution in [0, 0.1) is 6.92 Å². The predicted octanol–water partition coefficient (Wildman–Crippen LogP) is 3.06. The highest BCUT2D eigenvalue weighted by atomic mass is 35.5. The summed E-state index contributed by atoms with van der Waals surface area (Å²) < 4.78 is 5.46. The number of anilines is 1. The molecule has 0 atom stereocenters. The SMILES string of the molecule is Cc1nc(Cl)cc(NCCCCOC(C)C)n1. The van der Waals surface area contributed by atoms with Gasteiger partial charge in [0.1, 0.15) is 16.8 Å². The van der Waals surface area contributed by atoms with E-state index in [9.17, 15) is 0 Å². The van der Waals surface area contributed by atoms with Crippen LogP contribution in [-0.4, -0.2) is 29.2 Å². The molecule has 0 unspecified atom stereocenters. The summed E-state index contributed by atoms with van der Waals surface area (Å²) in [6.45, 7) is 7.60. The van der Waals surface area contributed by atoms with Crippen LogP contribution in [-0.2, 0) is 4.74 Å². The molecule has 0 aliphatic heterocycles. The van der Waals surface area contributed by atoms with E-state index in [0.717, 1.165) is 31.8 Å². The molecule has 1 aromatic rings. The zero-order chi connectivity index (χ0) is 12.7. The van der Waals surface area contributed by atoms with Gasteiger partial charge in [-0.25, -0.2) is 9.97 Å². The van der Waals surface area contributed by atoms with Crippen LogP contribution in [0.15, 0.2) is 6.07 Å². The number of unbranched alkanes of at least 4 members (excludes halogenated alkanes) is 1. The minimum Gasteiger partial charge on any atom is -0.379 e. The number of nitrogens with one attached hydrogen (secondary N) is 1. The van der Waals surface area contributed by atoms with Crippen LogP contribution in [0.4, 0.5) is 5.82 Å². The lowest BCUT2D eigenvalue weighted by Gasteiger charge is -2.08. The molecule has 5 heteroatoms. The number of nitrogens with zero attached hydrogens (tertiary/aromatic N) is 2. The van der Waals surface area contributed by atoms with Gasteiger partial charge in [0.15, 0.2) is 0 Å². The van der Waals surface area contributed by atoms with Crippen molar-refractivity contribution >= 4 is 17.4 Å². The van der Waals surface area contributed by atoms with Crippen molar-refractivity contribution < 1.29 is 4.74 Å². The molecule has 1 aromatic heterocycles. The van der Waals surface area contributed by atoms with E-state index in [-0.39, 0.29) is 0 Å². The fourth-order valence-corrected chi connectivity index (χ4v) is 1.61. The molecule has 0 saturated heterocycles. The third-order valence-corrected chi connectivity index (χ3v) is 2.33. The van der Waals surface area contributed by atoms with Gasteiger partial charge in [0, 0.05) is 19.2 Å². The summed E-state index contributed by atoms with van der Waals surface area (Å²) >= 11 is 5.84. The van der Waals surface area contributed by atoms with E-state index in [4.69, 9.17) is 16.3 Å². The minimum absolute atomic E-state index is 0.311. The average Bonchev–Trinajstić information content (AvgIpc) is 2.21. The van der Waals surface area contributed by atoms with Gasteiger partial charge in [0.25, 0.3) is 0 Å². The van der Waals surface area contributed by atoms with Crippen molar-refractivity contribution in [2.45, 2.75) is 39.7 Å². The van der Waals surface area contributed by atoms with Gasteiger partial charge in [0.05, 0.1) is 6.10 Å². The van der Waals surface area contributed by atoms with Crippen molar-refractivity contribution in [3.63, 3.8) is 0 Å². The summed E-state index contributed by atoms with van der Waals surface area (Å²) in [6.07, 6.45) is 2.40. The minimum atomic E-state index is 0.311. The first-order valence-electron chi connectivity index (χ1n) is 5.94. The number of aryl methyl sites for hydroxylation is 1. The van der Waals surface area contributed by atoms with Crippen molar-refractivity contribution in [2.24, 2.45) is 0 Å². The first kappa shape index (κ1) is 14.2. The molecule has 4 nitrogen and oxygen atoms in total. The lowest BCUT2D eigenvalue weighted by molar-refractivity contribution is 0.0765. The summed E-state index contributed by atoms with van der Waals surface area (Å²) in [4.78, 5) is 8.25. The van der Waals surface area contributed by atoms with Crippen molar-refractivity contribution in [1.82, 2.24) is 9.97 Å². The molecule has 1 N–H and O–H groups in total. The third-order valence-electron chi connectivity index (χ3n) is 2.14. The highest BCUT2D eigenvalue weighted by Crippen LogP contribution is 2.11. The fraction of sp³-hybridized carbons (Fsp3) is 0.667. The molecule has 0 fully saturated rings. The van der Waals surface area contributed by atoms with Crippen LogP contribution in [0.25, 0.3) is 0 Å². The molecule has 1 heterocycles. The van der Waals surface area contributed by atoms with E-state index in [2.05, 4.69) is 15.3 Å². The van der Waals surface area contributed by atoms with Crippen LogP contribution in [0.2, 0.25) is 5.15 Å². The van der Waals surface area contributed by atoms with E-state index in [0.29, 0.717) is 17.1 Å². The monoisotopic (exact) mass is 257 g/mol. The smallest absolute Gasteiger partial charge is 0.134 e. The van der Waals surface area contributed by atoms with Gasteiger partial charge in [-0.1, -0.05) is 11.6 Å². The summed E-state index contributed by atoms with van der Waals surface area (Å²) in [7, 11) is 0. The summed E-state index contributed by atoms with van der Waals surface area (Å²) in [6, 6.07) is 1.74. The Morgan fingerprint density at radius 1 is 1.35 bits per heavy atom. The van der Waals surface area contributed by atoms with E-state index >= 15 is 0 Å². The molecule has 0 radical (unpaired) electrons.